The maximum atomic E-state index is 11.1. The fourth-order valence-electron chi connectivity index (χ4n) is 0.393. The molecule has 0 aliphatic carbocycles. The highest BCUT2D eigenvalue weighted by molar-refractivity contribution is 7.56. The number of hydrogen-bond acceptors (Lipinski definition) is 4. The highest BCUT2D eigenvalue weighted by atomic mass is 31.2. The van der Waals surface area contributed by atoms with E-state index in [1.54, 1.807) is 6.92 Å². The van der Waals surface area contributed by atoms with E-state index in [1.165, 1.54) is 0 Å². The Hall–Kier alpha value is -1.05. The highest BCUT2D eigenvalue weighted by Crippen LogP contribution is 2.49. The lowest BCUT2D eigenvalue weighted by molar-refractivity contribution is 0.314. The lowest BCUT2D eigenvalue weighted by atomic mass is 10.5. The third-order valence-electron chi connectivity index (χ3n) is 0.798. The molecule has 0 fully saturated rings. The normalized spacial score (nSPS) is 13.8. The first-order valence-corrected chi connectivity index (χ1v) is 4.65. The second kappa shape index (κ2) is 5.58. The lowest BCUT2D eigenvalue weighted by Gasteiger charge is -2.02. The summed E-state index contributed by atoms with van der Waals surface area (Å²) in [5, 5.41) is 0. The molecule has 12 heavy (non-hydrogen) atoms. The minimum Gasteiger partial charge on any atom is -0.294 e. The van der Waals surface area contributed by atoms with Crippen LogP contribution in [0.2, 0.25) is 0 Å². The summed E-state index contributed by atoms with van der Waals surface area (Å²) in [6.07, 6.45) is 2.61. The van der Waals surface area contributed by atoms with Crippen LogP contribution in [0.1, 0.15) is 13.3 Å². The average molecular weight is 190 g/mol. The van der Waals surface area contributed by atoms with Crippen molar-refractivity contribution in [1.29, 1.82) is 0 Å². The monoisotopic (exact) mass is 190 g/mol. The van der Waals surface area contributed by atoms with Gasteiger partial charge in [-0.05, 0) is 6.42 Å². The number of carbonyl (C=O) groups excluding carboxylic acids is 2. The molecule has 0 atom stereocenters. The summed E-state index contributed by atoms with van der Waals surface area (Å²) < 4.78 is 21.2. The van der Waals surface area contributed by atoms with Gasteiger partial charge in [0.15, 0.2) is 0 Å². The molecule has 7 heteroatoms. The molecular formula is C5H7N2O4P. The molecule has 0 heterocycles. The summed E-state index contributed by atoms with van der Waals surface area (Å²) in [6, 6.07) is 0. The molecule has 6 nitrogen and oxygen atoms in total. The van der Waals surface area contributed by atoms with Crippen LogP contribution in [0.15, 0.2) is 9.53 Å². The third-order valence-corrected chi connectivity index (χ3v) is 1.99. The number of isocyanates is 2. The lowest BCUT2D eigenvalue weighted by Crippen LogP contribution is -1.87. The van der Waals surface area contributed by atoms with Gasteiger partial charge in [-0.2, -0.15) is 0 Å². The van der Waals surface area contributed by atoms with Crippen molar-refractivity contribution in [1.82, 2.24) is 0 Å². The van der Waals surface area contributed by atoms with Gasteiger partial charge in [0.25, 0.3) is 0 Å². The van der Waals surface area contributed by atoms with Crippen LogP contribution in [0.3, 0.4) is 0 Å². The van der Waals surface area contributed by atoms with E-state index < -0.39 is 7.67 Å². The Morgan fingerprint density at radius 2 is 1.83 bits per heavy atom. The molecule has 0 amide bonds. The van der Waals surface area contributed by atoms with Gasteiger partial charge < -0.3 is 0 Å². The summed E-state index contributed by atoms with van der Waals surface area (Å²) in [6.45, 7) is 1.87. The van der Waals surface area contributed by atoms with Crippen LogP contribution < -0.4 is 0 Å². The van der Waals surface area contributed by atoms with Gasteiger partial charge >= 0.3 is 7.67 Å². The molecule has 0 bridgehead atoms. The van der Waals surface area contributed by atoms with Crippen LogP contribution in [0.25, 0.3) is 0 Å². The van der Waals surface area contributed by atoms with Crippen LogP contribution in [-0.2, 0) is 18.7 Å². The molecule has 0 saturated heterocycles. The number of hydrogen-bond donors (Lipinski definition) is 0. The molecular weight excluding hydrogens is 183 g/mol. The third kappa shape index (κ3) is 3.96. The molecule has 0 aromatic heterocycles. The quantitative estimate of drug-likeness (QED) is 0.370. The predicted octanol–water partition coefficient (Wildman–Crippen LogP) is 1.19. The van der Waals surface area contributed by atoms with Crippen LogP contribution in [0.5, 0.6) is 0 Å². The summed E-state index contributed by atoms with van der Waals surface area (Å²) in [4.78, 5) is 19.4. The zero-order chi connectivity index (χ0) is 9.45. The van der Waals surface area contributed by atoms with Crippen molar-refractivity contribution < 1.29 is 18.7 Å². The fourth-order valence-corrected chi connectivity index (χ4v) is 1.18. The Morgan fingerprint density at radius 3 is 2.17 bits per heavy atom. The van der Waals surface area contributed by atoms with Crippen molar-refractivity contribution in [3.05, 3.63) is 0 Å². The minimum absolute atomic E-state index is 0.105. The first-order chi connectivity index (χ1) is 5.68. The topological polar surface area (TPSA) is 85.2 Å². The van der Waals surface area contributed by atoms with E-state index in [2.05, 4.69) is 14.0 Å². The molecule has 0 N–H and O–H groups in total. The molecule has 0 aromatic carbocycles. The second-order valence-electron chi connectivity index (χ2n) is 1.71. The van der Waals surface area contributed by atoms with Crippen molar-refractivity contribution >= 4 is 19.8 Å². The van der Waals surface area contributed by atoms with Crippen molar-refractivity contribution in [3.8, 4) is 0 Å². The molecule has 0 saturated carbocycles. The molecule has 0 radical (unpaired) electrons. The van der Waals surface area contributed by atoms with E-state index in [0.717, 1.165) is 12.2 Å². The molecule has 66 valence electrons. The fraction of sp³-hybridized carbons (Fsp3) is 0.600. The Kier molecular flexibility index (Phi) is 5.09. The first-order valence-electron chi connectivity index (χ1n) is 3.12. The SMILES string of the molecule is CCCOP(=O)(N=C=O)N=C=O. The molecule has 0 spiro atoms. The molecule has 0 aromatic rings. The number of nitrogens with zero attached hydrogens (tertiary/aromatic N) is 2. The van der Waals surface area contributed by atoms with Gasteiger partial charge in [-0.15, -0.1) is 0 Å². The van der Waals surface area contributed by atoms with Crippen LogP contribution in [0.4, 0.5) is 0 Å². The predicted molar refractivity (Wildman–Crippen MR) is 40.1 cm³/mol. The van der Waals surface area contributed by atoms with Crippen molar-refractivity contribution in [2.75, 3.05) is 6.61 Å². The van der Waals surface area contributed by atoms with Gasteiger partial charge in [-0.3, -0.25) is 4.52 Å². The van der Waals surface area contributed by atoms with Crippen molar-refractivity contribution in [2.45, 2.75) is 13.3 Å². The smallest absolute Gasteiger partial charge is 0.294 e. The average Bonchev–Trinajstić information content (AvgIpc) is 2.02. The zero-order valence-corrected chi connectivity index (χ0v) is 7.28. The van der Waals surface area contributed by atoms with E-state index in [9.17, 15) is 14.2 Å². The molecule has 0 aliphatic heterocycles. The Bertz CT molecular complexity index is 255. The molecule has 0 unspecified atom stereocenters. The van der Waals surface area contributed by atoms with Gasteiger partial charge in [0.2, 0.25) is 12.2 Å². The summed E-state index contributed by atoms with van der Waals surface area (Å²) in [5.74, 6) is 0. The zero-order valence-electron chi connectivity index (χ0n) is 6.39. The standard InChI is InChI=1S/C5H7N2O4P/c1-2-3-11-12(10,6-4-8)7-5-9/h2-3H2,1H3. The summed E-state index contributed by atoms with van der Waals surface area (Å²) in [7, 11) is -3.83. The van der Waals surface area contributed by atoms with E-state index in [-0.39, 0.29) is 6.61 Å². The summed E-state index contributed by atoms with van der Waals surface area (Å²) >= 11 is 0. The van der Waals surface area contributed by atoms with Gasteiger partial charge in [0, 0.05) is 0 Å². The Labute approximate surface area is 68.9 Å². The molecule has 0 rings (SSSR count). The van der Waals surface area contributed by atoms with Gasteiger partial charge in [0.05, 0.1) is 6.61 Å². The van der Waals surface area contributed by atoms with Gasteiger partial charge in [-0.25, -0.2) is 14.2 Å². The van der Waals surface area contributed by atoms with E-state index in [1.807, 2.05) is 0 Å². The van der Waals surface area contributed by atoms with Crippen molar-refractivity contribution in [2.24, 2.45) is 9.53 Å². The largest absolute Gasteiger partial charge is 0.455 e. The maximum Gasteiger partial charge on any atom is 0.455 e. The summed E-state index contributed by atoms with van der Waals surface area (Å²) in [5.41, 5.74) is 0. The van der Waals surface area contributed by atoms with Gasteiger partial charge in [-0.1, -0.05) is 16.4 Å². The van der Waals surface area contributed by atoms with E-state index >= 15 is 0 Å². The highest BCUT2D eigenvalue weighted by Gasteiger charge is 2.20. The van der Waals surface area contributed by atoms with Crippen LogP contribution >= 0.6 is 7.67 Å². The van der Waals surface area contributed by atoms with Crippen molar-refractivity contribution in [3.63, 3.8) is 0 Å². The van der Waals surface area contributed by atoms with Gasteiger partial charge in [0.1, 0.15) is 0 Å². The van der Waals surface area contributed by atoms with Crippen LogP contribution in [-0.4, -0.2) is 18.8 Å². The van der Waals surface area contributed by atoms with Crippen LogP contribution in [0, 0.1) is 0 Å². The number of rotatable bonds is 5. The van der Waals surface area contributed by atoms with E-state index in [4.69, 9.17) is 0 Å². The second-order valence-corrected chi connectivity index (χ2v) is 3.35. The Morgan fingerprint density at radius 1 is 1.33 bits per heavy atom. The Balaban J connectivity index is 4.50. The maximum absolute atomic E-state index is 11.1. The minimum atomic E-state index is -3.83. The molecule has 0 aliphatic rings. The van der Waals surface area contributed by atoms with E-state index in [0.29, 0.717) is 6.42 Å². The first kappa shape index (κ1) is 11.0.